The van der Waals surface area contributed by atoms with Crippen LogP contribution in [-0.4, -0.2) is 43.0 Å². The zero-order chi connectivity index (χ0) is 13.0. The molecule has 0 bridgehead atoms. The fourth-order valence-corrected chi connectivity index (χ4v) is 1.60. The van der Waals surface area contributed by atoms with Crippen molar-refractivity contribution >= 4 is 18.1 Å². The third-order valence-electron chi connectivity index (χ3n) is 2.39. The second-order valence-electron chi connectivity index (χ2n) is 3.53. The van der Waals surface area contributed by atoms with Crippen LogP contribution in [0.2, 0.25) is 0 Å². The Bertz CT molecular complexity index is 450. The standard InChI is InChI=1S/C12H11NO5/c14-5-6-17-7-8-18-13-11(15)9-3-1-2-4-10(9)12(13)16/h1-5H,6-8H2. The molecule has 0 unspecified atom stereocenters. The number of imide groups is 1. The number of carbonyl (C=O) groups excluding carboxylic acids is 3. The van der Waals surface area contributed by atoms with E-state index in [0.29, 0.717) is 17.4 Å². The zero-order valence-electron chi connectivity index (χ0n) is 9.50. The molecule has 18 heavy (non-hydrogen) atoms. The highest BCUT2D eigenvalue weighted by Gasteiger charge is 2.36. The van der Waals surface area contributed by atoms with Gasteiger partial charge in [0.1, 0.15) is 12.9 Å². The molecular formula is C12H11NO5. The average Bonchev–Trinajstić information content (AvgIpc) is 2.64. The van der Waals surface area contributed by atoms with Crippen LogP contribution in [-0.2, 0) is 14.4 Å². The molecule has 0 aromatic heterocycles. The smallest absolute Gasteiger partial charge is 0.285 e. The highest BCUT2D eigenvalue weighted by atomic mass is 16.7. The Morgan fingerprint density at radius 3 is 2.22 bits per heavy atom. The van der Waals surface area contributed by atoms with Crippen molar-refractivity contribution in [2.45, 2.75) is 0 Å². The lowest BCUT2D eigenvalue weighted by atomic mass is 10.1. The number of fused-ring (bicyclic) bond motifs is 1. The van der Waals surface area contributed by atoms with Crippen LogP contribution >= 0.6 is 0 Å². The molecule has 6 nitrogen and oxygen atoms in total. The Morgan fingerprint density at radius 2 is 1.67 bits per heavy atom. The van der Waals surface area contributed by atoms with Crippen molar-refractivity contribution < 1.29 is 24.0 Å². The molecule has 0 spiro atoms. The molecular weight excluding hydrogens is 238 g/mol. The van der Waals surface area contributed by atoms with E-state index in [1.807, 2.05) is 0 Å². The molecule has 94 valence electrons. The number of ether oxygens (including phenoxy) is 1. The second-order valence-corrected chi connectivity index (χ2v) is 3.53. The quantitative estimate of drug-likeness (QED) is 0.415. The molecule has 6 heteroatoms. The lowest BCUT2D eigenvalue weighted by Crippen LogP contribution is -2.31. The predicted molar refractivity (Wildman–Crippen MR) is 59.8 cm³/mol. The summed E-state index contributed by atoms with van der Waals surface area (Å²) in [7, 11) is 0. The Balaban J connectivity index is 1.94. The molecule has 0 atom stereocenters. The molecule has 1 aliphatic rings. The molecule has 2 rings (SSSR count). The van der Waals surface area contributed by atoms with Crippen LogP contribution in [0.15, 0.2) is 24.3 Å². The first-order chi connectivity index (χ1) is 8.75. The van der Waals surface area contributed by atoms with Crippen molar-refractivity contribution in [3.05, 3.63) is 35.4 Å². The summed E-state index contributed by atoms with van der Waals surface area (Å²) < 4.78 is 4.85. The van der Waals surface area contributed by atoms with E-state index in [4.69, 9.17) is 9.57 Å². The number of benzene rings is 1. The number of nitrogens with zero attached hydrogens (tertiary/aromatic N) is 1. The van der Waals surface area contributed by atoms with Crippen LogP contribution in [0.5, 0.6) is 0 Å². The van der Waals surface area contributed by atoms with Gasteiger partial charge in [-0.1, -0.05) is 12.1 Å². The molecule has 0 aliphatic carbocycles. The molecule has 0 N–H and O–H groups in total. The summed E-state index contributed by atoms with van der Waals surface area (Å²) in [5.41, 5.74) is 0.660. The van der Waals surface area contributed by atoms with E-state index in [1.54, 1.807) is 24.3 Å². The zero-order valence-corrected chi connectivity index (χ0v) is 9.50. The van der Waals surface area contributed by atoms with Gasteiger partial charge in [0, 0.05) is 0 Å². The Labute approximate surface area is 103 Å². The number of amides is 2. The number of rotatable bonds is 6. The second kappa shape index (κ2) is 5.52. The van der Waals surface area contributed by atoms with Crippen LogP contribution in [0.25, 0.3) is 0 Å². The average molecular weight is 249 g/mol. The van der Waals surface area contributed by atoms with Gasteiger partial charge in [-0.05, 0) is 12.1 Å². The fourth-order valence-electron chi connectivity index (χ4n) is 1.60. The molecule has 1 aromatic rings. The van der Waals surface area contributed by atoms with E-state index in [0.717, 1.165) is 5.06 Å². The van der Waals surface area contributed by atoms with Gasteiger partial charge >= 0.3 is 0 Å². The van der Waals surface area contributed by atoms with Crippen LogP contribution in [0.4, 0.5) is 0 Å². The summed E-state index contributed by atoms with van der Waals surface area (Å²) in [6.45, 7) is 0.122. The van der Waals surface area contributed by atoms with Crippen molar-refractivity contribution in [2.75, 3.05) is 19.8 Å². The number of hydrogen-bond acceptors (Lipinski definition) is 5. The molecule has 1 aromatic carbocycles. The summed E-state index contributed by atoms with van der Waals surface area (Å²) >= 11 is 0. The van der Waals surface area contributed by atoms with Crippen LogP contribution in [0.1, 0.15) is 20.7 Å². The normalized spacial score (nSPS) is 13.9. The maximum atomic E-state index is 11.8. The van der Waals surface area contributed by atoms with E-state index in [2.05, 4.69) is 0 Å². The molecule has 0 fully saturated rings. The highest BCUT2D eigenvalue weighted by Crippen LogP contribution is 2.22. The van der Waals surface area contributed by atoms with Crippen molar-refractivity contribution in [2.24, 2.45) is 0 Å². The third kappa shape index (κ3) is 2.29. The number of hydroxylamine groups is 2. The Kier molecular flexibility index (Phi) is 3.81. The maximum Gasteiger partial charge on any atom is 0.285 e. The lowest BCUT2D eigenvalue weighted by molar-refractivity contribution is -0.119. The summed E-state index contributed by atoms with van der Waals surface area (Å²) in [5, 5.41) is 0.717. The lowest BCUT2D eigenvalue weighted by Gasteiger charge is -2.12. The Hall–Kier alpha value is -2.05. The first kappa shape index (κ1) is 12.4. The van der Waals surface area contributed by atoms with Crippen molar-refractivity contribution in [1.29, 1.82) is 0 Å². The molecule has 0 saturated carbocycles. The third-order valence-corrected chi connectivity index (χ3v) is 2.39. The van der Waals surface area contributed by atoms with E-state index in [1.165, 1.54) is 0 Å². The van der Waals surface area contributed by atoms with Crippen LogP contribution < -0.4 is 0 Å². The van der Waals surface area contributed by atoms with Gasteiger partial charge in [-0.15, -0.1) is 5.06 Å². The van der Waals surface area contributed by atoms with Crippen molar-refractivity contribution in [1.82, 2.24) is 5.06 Å². The highest BCUT2D eigenvalue weighted by molar-refractivity contribution is 6.20. The van der Waals surface area contributed by atoms with E-state index < -0.39 is 11.8 Å². The van der Waals surface area contributed by atoms with E-state index in [9.17, 15) is 14.4 Å². The first-order valence-corrected chi connectivity index (χ1v) is 5.38. The number of aldehydes is 1. The monoisotopic (exact) mass is 249 g/mol. The summed E-state index contributed by atoms with van der Waals surface area (Å²) in [5.74, 6) is -0.961. The first-order valence-electron chi connectivity index (χ1n) is 5.38. The largest absolute Gasteiger partial charge is 0.371 e. The molecule has 0 radical (unpaired) electrons. The summed E-state index contributed by atoms with van der Waals surface area (Å²) in [4.78, 5) is 38.7. The maximum absolute atomic E-state index is 11.8. The number of hydrogen-bond donors (Lipinski definition) is 0. The summed E-state index contributed by atoms with van der Waals surface area (Å²) in [6, 6.07) is 6.51. The van der Waals surface area contributed by atoms with Gasteiger partial charge in [0.2, 0.25) is 0 Å². The minimum Gasteiger partial charge on any atom is -0.371 e. The SMILES string of the molecule is O=CCOCCON1C(=O)c2ccccc2C1=O. The molecule has 2 amide bonds. The fraction of sp³-hybridized carbons (Fsp3) is 0.250. The van der Waals surface area contributed by atoms with Crippen LogP contribution in [0, 0.1) is 0 Å². The molecule has 0 saturated heterocycles. The molecule has 1 heterocycles. The number of carbonyl (C=O) groups is 3. The van der Waals surface area contributed by atoms with Gasteiger partial charge in [-0.3, -0.25) is 14.4 Å². The minimum absolute atomic E-state index is 0.0271. The summed E-state index contributed by atoms with van der Waals surface area (Å²) in [6.07, 6.45) is 0.613. The van der Waals surface area contributed by atoms with Gasteiger partial charge in [-0.25, -0.2) is 0 Å². The van der Waals surface area contributed by atoms with E-state index >= 15 is 0 Å². The topological polar surface area (TPSA) is 72.9 Å². The van der Waals surface area contributed by atoms with Crippen molar-refractivity contribution in [3.63, 3.8) is 0 Å². The van der Waals surface area contributed by atoms with E-state index in [-0.39, 0.29) is 19.8 Å². The Morgan fingerprint density at radius 1 is 1.06 bits per heavy atom. The van der Waals surface area contributed by atoms with Gasteiger partial charge in [0.15, 0.2) is 0 Å². The van der Waals surface area contributed by atoms with Gasteiger partial charge in [0.05, 0.1) is 24.3 Å². The minimum atomic E-state index is -0.481. The van der Waals surface area contributed by atoms with Gasteiger partial charge in [-0.2, -0.15) is 0 Å². The van der Waals surface area contributed by atoms with Crippen molar-refractivity contribution in [3.8, 4) is 0 Å². The van der Waals surface area contributed by atoms with Gasteiger partial charge < -0.3 is 9.53 Å². The molecule has 1 aliphatic heterocycles. The predicted octanol–water partition coefficient (Wildman–Crippen LogP) is 0.430. The van der Waals surface area contributed by atoms with Gasteiger partial charge in [0.25, 0.3) is 11.8 Å². The van der Waals surface area contributed by atoms with Crippen LogP contribution in [0.3, 0.4) is 0 Å².